The standard InChI is InChI=1S/C20H27N3O6/c1-20(2,3)29-19(27)21-14-11-28-16-6-5-12(9-15(16)22(4)18(14)26)17(25)23-8-7-13(24)10-23/h5-6,9,13-14,24H,7-8,10-11H2,1-4H3,(H,21,27)/t13?,14-/m0/s1. The van der Waals surface area contributed by atoms with Crippen LogP contribution in [0.3, 0.4) is 0 Å². The molecule has 3 rings (SSSR count). The van der Waals surface area contributed by atoms with Crippen LogP contribution in [-0.2, 0) is 9.53 Å². The van der Waals surface area contributed by atoms with E-state index in [0.717, 1.165) is 0 Å². The molecule has 0 saturated carbocycles. The third kappa shape index (κ3) is 4.79. The lowest BCUT2D eigenvalue weighted by atomic mass is 10.1. The number of ether oxygens (including phenoxy) is 2. The van der Waals surface area contributed by atoms with Gasteiger partial charge in [-0.3, -0.25) is 9.59 Å². The van der Waals surface area contributed by atoms with Crippen molar-refractivity contribution < 1.29 is 29.0 Å². The highest BCUT2D eigenvalue weighted by molar-refractivity contribution is 6.02. The molecule has 0 aliphatic carbocycles. The Labute approximate surface area is 169 Å². The van der Waals surface area contributed by atoms with Crippen LogP contribution < -0.4 is 15.0 Å². The maximum atomic E-state index is 12.8. The van der Waals surface area contributed by atoms with Crippen molar-refractivity contribution in [2.24, 2.45) is 0 Å². The highest BCUT2D eigenvalue weighted by atomic mass is 16.6. The van der Waals surface area contributed by atoms with Crippen molar-refractivity contribution in [1.29, 1.82) is 0 Å². The Balaban J connectivity index is 1.76. The number of anilines is 1. The van der Waals surface area contributed by atoms with Crippen molar-refractivity contribution in [3.05, 3.63) is 23.8 Å². The number of β-amino-alcohol motifs (C(OH)–C–C–N with tert-alkyl or cyclic N) is 1. The Hall–Kier alpha value is -2.81. The van der Waals surface area contributed by atoms with Crippen molar-refractivity contribution in [1.82, 2.24) is 10.2 Å². The zero-order valence-electron chi connectivity index (χ0n) is 17.1. The summed E-state index contributed by atoms with van der Waals surface area (Å²) in [4.78, 5) is 40.5. The number of nitrogens with one attached hydrogen (secondary N) is 1. The summed E-state index contributed by atoms with van der Waals surface area (Å²) in [5.74, 6) is -0.152. The van der Waals surface area contributed by atoms with Gasteiger partial charge in [-0.05, 0) is 45.4 Å². The van der Waals surface area contributed by atoms with Crippen molar-refractivity contribution in [2.75, 3.05) is 31.6 Å². The van der Waals surface area contributed by atoms with Crippen LogP contribution in [0, 0.1) is 0 Å². The van der Waals surface area contributed by atoms with Crippen LogP contribution in [0.4, 0.5) is 10.5 Å². The Bertz CT molecular complexity index is 819. The fourth-order valence-electron chi connectivity index (χ4n) is 3.29. The summed E-state index contributed by atoms with van der Waals surface area (Å²) in [6, 6.07) is 3.94. The van der Waals surface area contributed by atoms with Crippen molar-refractivity contribution in [2.45, 2.75) is 44.9 Å². The second-order valence-electron chi connectivity index (χ2n) is 8.28. The molecule has 0 bridgehead atoms. The molecular weight excluding hydrogens is 378 g/mol. The first-order chi connectivity index (χ1) is 13.5. The SMILES string of the molecule is CN1C(=O)[C@@H](NC(=O)OC(C)(C)C)COc2ccc(C(=O)N3CCC(O)C3)cc21. The normalized spacial score (nSPS) is 21.9. The average molecular weight is 405 g/mol. The molecule has 9 heteroatoms. The van der Waals surface area contributed by atoms with Crippen molar-refractivity contribution in [3.8, 4) is 5.75 Å². The van der Waals surface area contributed by atoms with Crippen LogP contribution in [0.2, 0.25) is 0 Å². The maximum absolute atomic E-state index is 12.8. The van der Waals surface area contributed by atoms with Gasteiger partial charge in [0.05, 0.1) is 11.8 Å². The number of benzene rings is 1. The lowest BCUT2D eigenvalue weighted by Gasteiger charge is -2.24. The number of aliphatic hydroxyl groups is 1. The topological polar surface area (TPSA) is 108 Å². The summed E-state index contributed by atoms with van der Waals surface area (Å²) in [7, 11) is 1.56. The number of aliphatic hydroxyl groups excluding tert-OH is 1. The van der Waals surface area contributed by atoms with E-state index in [1.807, 2.05) is 0 Å². The summed E-state index contributed by atoms with van der Waals surface area (Å²) < 4.78 is 10.9. The van der Waals surface area contributed by atoms with Gasteiger partial charge in [-0.25, -0.2) is 4.79 Å². The predicted octanol–water partition coefficient (Wildman–Crippen LogP) is 1.14. The number of carbonyl (C=O) groups is 3. The lowest BCUT2D eigenvalue weighted by molar-refractivity contribution is -0.120. The third-order valence-corrected chi connectivity index (χ3v) is 4.74. The average Bonchev–Trinajstić information content (AvgIpc) is 3.03. The molecular formula is C20H27N3O6. The lowest BCUT2D eigenvalue weighted by Crippen LogP contribution is -2.50. The predicted molar refractivity (Wildman–Crippen MR) is 105 cm³/mol. The van der Waals surface area contributed by atoms with Gasteiger partial charge < -0.3 is 29.7 Å². The van der Waals surface area contributed by atoms with Crippen molar-refractivity contribution >= 4 is 23.6 Å². The summed E-state index contributed by atoms with van der Waals surface area (Å²) >= 11 is 0. The minimum absolute atomic E-state index is 0.0545. The Morgan fingerprint density at radius 2 is 2.03 bits per heavy atom. The summed E-state index contributed by atoms with van der Waals surface area (Å²) in [5.41, 5.74) is 0.153. The number of alkyl carbamates (subject to hydrolysis) is 1. The molecule has 1 fully saturated rings. The number of rotatable bonds is 2. The maximum Gasteiger partial charge on any atom is 0.408 e. The smallest absolute Gasteiger partial charge is 0.408 e. The second kappa shape index (κ2) is 7.90. The second-order valence-corrected chi connectivity index (χ2v) is 8.28. The van der Waals surface area contributed by atoms with Crippen molar-refractivity contribution in [3.63, 3.8) is 0 Å². The molecule has 0 aromatic heterocycles. The molecule has 1 unspecified atom stereocenters. The molecule has 2 aliphatic heterocycles. The van der Waals surface area contributed by atoms with Crippen LogP contribution in [-0.4, -0.2) is 72.4 Å². The van der Waals surface area contributed by atoms with Gasteiger partial charge in [0.1, 0.15) is 24.0 Å². The van der Waals surface area contributed by atoms with E-state index in [1.54, 1.807) is 50.9 Å². The fraction of sp³-hybridized carbons (Fsp3) is 0.550. The Kier molecular flexibility index (Phi) is 5.70. The van der Waals surface area contributed by atoms with E-state index in [4.69, 9.17) is 9.47 Å². The molecule has 9 nitrogen and oxygen atoms in total. The number of hydrogen-bond acceptors (Lipinski definition) is 6. The van der Waals surface area contributed by atoms with E-state index in [-0.39, 0.29) is 18.4 Å². The number of hydrogen-bond donors (Lipinski definition) is 2. The van der Waals surface area contributed by atoms with Crippen LogP contribution >= 0.6 is 0 Å². The van der Waals surface area contributed by atoms with Gasteiger partial charge in [0.2, 0.25) is 0 Å². The highest BCUT2D eigenvalue weighted by Gasteiger charge is 2.33. The third-order valence-electron chi connectivity index (χ3n) is 4.74. The summed E-state index contributed by atoms with van der Waals surface area (Å²) in [6.07, 6.45) is -0.662. The first-order valence-corrected chi connectivity index (χ1v) is 9.56. The fourth-order valence-corrected chi connectivity index (χ4v) is 3.29. The van der Waals surface area contributed by atoms with Gasteiger partial charge in [0.15, 0.2) is 0 Å². The number of nitrogens with zero attached hydrogens (tertiary/aromatic N) is 2. The summed E-state index contributed by atoms with van der Waals surface area (Å²) in [6.45, 7) is 5.93. The van der Waals surface area contributed by atoms with Crippen LogP contribution in [0.25, 0.3) is 0 Å². The van der Waals surface area contributed by atoms with Gasteiger partial charge >= 0.3 is 6.09 Å². The van der Waals surface area contributed by atoms with Crippen LogP contribution in [0.15, 0.2) is 18.2 Å². The number of likely N-dealkylation sites (tertiary alicyclic amines) is 1. The van der Waals surface area contributed by atoms with Gasteiger partial charge in [0.25, 0.3) is 11.8 Å². The minimum atomic E-state index is -0.921. The number of carbonyl (C=O) groups excluding carboxylic acids is 3. The first-order valence-electron chi connectivity index (χ1n) is 9.56. The molecule has 158 valence electrons. The number of amides is 3. The monoisotopic (exact) mass is 405 g/mol. The van der Waals surface area contributed by atoms with E-state index < -0.39 is 23.8 Å². The Morgan fingerprint density at radius 1 is 1.31 bits per heavy atom. The van der Waals surface area contributed by atoms with E-state index in [2.05, 4.69) is 5.32 Å². The Morgan fingerprint density at radius 3 is 2.66 bits per heavy atom. The highest BCUT2D eigenvalue weighted by Crippen LogP contribution is 2.32. The zero-order chi connectivity index (χ0) is 21.3. The van der Waals surface area contributed by atoms with E-state index in [1.165, 1.54) is 4.90 Å². The molecule has 3 amide bonds. The molecule has 1 aromatic rings. The minimum Gasteiger partial charge on any atom is -0.489 e. The van der Waals surface area contributed by atoms with E-state index in [0.29, 0.717) is 36.5 Å². The first kappa shape index (κ1) is 20.9. The van der Waals surface area contributed by atoms with E-state index in [9.17, 15) is 19.5 Å². The quantitative estimate of drug-likeness (QED) is 0.764. The molecule has 2 heterocycles. The van der Waals surface area contributed by atoms with Crippen LogP contribution in [0.1, 0.15) is 37.6 Å². The van der Waals surface area contributed by atoms with Gasteiger partial charge in [-0.15, -0.1) is 0 Å². The molecule has 2 N–H and O–H groups in total. The van der Waals surface area contributed by atoms with Gasteiger partial charge in [-0.2, -0.15) is 0 Å². The molecule has 1 saturated heterocycles. The van der Waals surface area contributed by atoms with E-state index >= 15 is 0 Å². The number of likely N-dealkylation sites (N-methyl/N-ethyl adjacent to an activating group) is 1. The zero-order valence-corrected chi connectivity index (χ0v) is 17.1. The molecule has 2 aliphatic rings. The van der Waals surface area contributed by atoms with Gasteiger partial charge in [-0.1, -0.05) is 0 Å². The molecule has 2 atom stereocenters. The largest absolute Gasteiger partial charge is 0.489 e. The van der Waals surface area contributed by atoms with Gasteiger partial charge in [0, 0.05) is 25.7 Å². The molecule has 0 spiro atoms. The number of fused-ring (bicyclic) bond motifs is 1. The molecule has 29 heavy (non-hydrogen) atoms. The molecule has 1 aromatic carbocycles. The molecule has 0 radical (unpaired) electrons. The van der Waals surface area contributed by atoms with Crippen LogP contribution in [0.5, 0.6) is 5.75 Å². The summed E-state index contributed by atoms with van der Waals surface area (Å²) in [5, 5.41) is 12.2.